The van der Waals surface area contributed by atoms with Crippen LogP contribution in [0.3, 0.4) is 0 Å². The van der Waals surface area contributed by atoms with Crippen molar-refractivity contribution in [2.75, 3.05) is 41.9 Å². The van der Waals surface area contributed by atoms with Gasteiger partial charge in [0.05, 0.1) is 30.1 Å². The maximum absolute atomic E-state index is 14.0. The second-order valence-electron chi connectivity index (χ2n) is 10.0. The molecule has 2 aromatic rings. The van der Waals surface area contributed by atoms with Gasteiger partial charge in [0.1, 0.15) is 5.82 Å². The average molecular weight is 479 g/mol. The van der Waals surface area contributed by atoms with Gasteiger partial charge in [0.2, 0.25) is 5.91 Å². The Morgan fingerprint density at radius 2 is 1.89 bits per heavy atom. The third-order valence-electron chi connectivity index (χ3n) is 7.73. The summed E-state index contributed by atoms with van der Waals surface area (Å²) in [6, 6.07) is 10.5. The molecule has 1 aromatic heterocycles. The molecule has 0 spiro atoms. The molecular weight excluding hydrogens is 440 g/mol. The van der Waals surface area contributed by atoms with Crippen molar-refractivity contribution in [3.63, 3.8) is 0 Å². The molecule has 0 radical (unpaired) electrons. The Morgan fingerprint density at radius 1 is 1.09 bits per heavy atom. The second-order valence-corrected chi connectivity index (χ2v) is 10.0. The first-order valence-corrected chi connectivity index (χ1v) is 13.2. The molecule has 7 heteroatoms. The molecule has 3 aliphatic rings. The van der Waals surface area contributed by atoms with E-state index in [-0.39, 0.29) is 11.8 Å². The maximum atomic E-state index is 14.0. The van der Waals surface area contributed by atoms with Gasteiger partial charge in [-0.1, -0.05) is 13.0 Å². The number of hydrogen-bond donors (Lipinski definition) is 1. The average Bonchev–Trinajstić information content (AvgIpc) is 3.08. The number of nitrogens with one attached hydrogen (secondary N) is 1. The van der Waals surface area contributed by atoms with Crippen molar-refractivity contribution in [1.82, 2.24) is 4.98 Å². The summed E-state index contributed by atoms with van der Waals surface area (Å²) in [6.07, 6.45) is 9.20. The molecule has 188 valence electrons. The third kappa shape index (κ3) is 5.31. The number of amides is 1. The Labute approximate surface area is 208 Å². The van der Waals surface area contributed by atoms with Crippen molar-refractivity contribution in [3.05, 3.63) is 42.1 Å². The van der Waals surface area contributed by atoms with E-state index in [1.54, 1.807) is 13.3 Å². The molecule has 35 heavy (non-hydrogen) atoms. The van der Waals surface area contributed by atoms with Gasteiger partial charge in [-0.05, 0) is 69.2 Å². The largest absolute Gasteiger partial charge is 0.381 e. The molecule has 1 aromatic carbocycles. The van der Waals surface area contributed by atoms with E-state index in [1.165, 1.54) is 0 Å². The minimum Gasteiger partial charge on any atom is -0.381 e. The fraction of sp³-hybridized carbons (Fsp3) is 0.571. The predicted molar refractivity (Wildman–Crippen MR) is 139 cm³/mol. The van der Waals surface area contributed by atoms with Crippen LogP contribution in [0.2, 0.25) is 0 Å². The smallest absolute Gasteiger partial charge is 0.230 e. The number of fused-ring (bicyclic) bond motifs is 2. The Kier molecular flexibility index (Phi) is 7.54. The molecular formula is C28H38N4O3. The number of nitrogens with zero attached hydrogens (tertiary/aromatic N) is 3. The van der Waals surface area contributed by atoms with E-state index in [0.717, 1.165) is 93.1 Å². The van der Waals surface area contributed by atoms with Gasteiger partial charge in [-0.25, -0.2) is 4.98 Å². The van der Waals surface area contributed by atoms with Crippen molar-refractivity contribution in [2.45, 2.75) is 70.6 Å². The van der Waals surface area contributed by atoms with Gasteiger partial charge in [0.15, 0.2) is 0 Å². The number of methoxy groups -OCH3 is 1. The molecule has 2 aliphatic heterocycles. The molecule has 5 rings (SSSR count). The molecule has 3 heterocycles. The first-order chi connectivity index (χ1) is 17.2. The quantitative estimate of drug-likeness (QED) is 0.610. The molecule has 0 bridgehead atoms. The van der Waals surface area contributed by atoms with Crippen molar-refractivity contribution in [3.8, 4) is 0 Å². The summed E-state index contributed by atoms with van der Waals surface area (Å²) in [6.45, 7) is 5.40. The van der Waals surface area contributed by atoms with Crippen LogP contribution < -0.4 is 15.1 Å². The summed E-state index contributed by atoms with van der Waals surface area (Å²) >= 11 is 0. The lowest BCUT2D eigenvalue weighted by Crippen LogP contribution is -2.39. The number of ether oxygens (including phenoxy) is 2. The minimum absolute atomic E-state index is 0.0312. The summed E-state index contributed by atoms with van der Waals surface area (Å²) in [4.78, 5) is 22.9. The number of anilines is 4. The zero-order valence-electron chi connectivity index (χ0n) is 21.0. The number of piperidine rings is 1. The number of carbonyl (C=O) groups excluding carboxylic acids is 1. The second kappa shape index (κ2) is 11.0. The number of benzene rings is 1. The Balaban J connectivity index is 1.40. The van der Waals surface area contributed by atoms with E-state index in [9.17, 15) is 4.79 Å². The van der Waals surface area contributed by atoms with E-state index >= 15 is 0 Å². The molecule has 1 amide bonds. The van der Waals surface area contributed by atoms with Gasteiger partial charge in [-0.15, -0.1) is 0 Å². The minimum atomic E-state index is 0.0312. The van der Waals surface area contributed by atoms with Gasteiger partial charge >= 0.3 is 0 Å². The molecule has 1 aliphatic carbocycles. The molecule has 2 fully saturated rings. The SMILES string of the molecule is CCCO[C@H]1CC[C@H](C(=O)N2Cc3cccnc3Nc3ccc(N4CCC(OC)CC4)cc32)CC1. The zero-order valence-corrected chi connectivity index (χ0v) is 21.0. The highest BCUT2D eigenvalue weighted by Gasteiger charge is 2.33. The van der Waals surface area contributed by atoms with E-state index < -0.39 is 0 Å². The maximum Gasteiger partial charge on any atom is 0.230 e. The van der Waals surface area contributed by atoms with Crippen LogP contribution in [0.1, 0.15) is 57.4 Å². The Hall–Kier alpha value is -2.64. The van der Waals surface area contributed by atoms with Crippen LogP contribution in [-0.2, 0) is 20.8 Å². The molecule has 1 saturated carbocycles. The standard InChI is InChI=1S/C28H38N4O3/c1-3-17-35-24-9-6-20(7-10-24)28(33)32-19-21-5-4-14-29-27(21)30-25-11-8-22(18-26(25)32)31-15-12-23(34-2)13-16-31/h4-5,8,11,14,18,20,23-24H,3,6-7,9-10,12-13,15-17,19H2,1-2H3,(H,29,30)/t20-,24-. The van der Waals surface area contributed by atoms with Crippen molar-refractivity contribution in [1.29, 1.82) is 0 Å². The summed E-state index contributed by atoms with van der Waals surface area (Å²) in [7, 11) is 1.80. The van der Waals surface area contributed by atoms with E-state index in [1.807, 2.05) is 11.0 Å². The van der Waals surface area contributed by atoms with Gasteiger partial charge in [-0.2, -0.15) is 0 Å². The fourth-order valence-corrected chi connectivity index (χ4v) is 5.64. The fourth-order valence-electron chi connectivity index (χ4n) is 5.64. The molecule has 0 atom stereocenters. The lowest BCUT2D eigenvalue weighted by Gasteiger charge is -2.35. The number of rotatable bonds is 6. The van der Waals surface area contributed by atoms with E-state index in [2.05, 4.69) is 46.4 Å². The Bertz CT molecular complexity index is 1010. The van der Waals surface area contributed by atoms with Gasteiger partial charge in [-0.3, -0.25) is 4.79 Å². The molecule has 1 N–H and O–H groups in total. The topological polar surface area (TPSA) is 66.9 Å². The lowest BCUT2D eigenvalue weighted by molar-refractivity contribution is -0.124. The van der Waals surface area contributed by atoms with Crippen molar-refractivity contribution < 1.29 is 14.3 Å². The van der Waals surface area contributed by atoms with Crippen LogP contribution >= 0.6 is 0 Å². The van der Waals surface area contributed by atoms with Crippen LogP contribution in [-0.4, -0.2) is 49.9 Å². The first-order valence-electron chi connectivity index (χ1n) is 13.2. The van der Waals surface area contributed by atoms with Crippen molar-refractivity contribution in [2.24, 2.45) is 5.92 Å². The van der Waals surface area contributed by atoms with Crippen LogP contribution in [0.15, 0.2) is 36.5 Å². The van der Waals surface area contributed by atoms with Crippen molar-refractivity contribution >= 4 is 28.8 Å². The number of pyridine rings is 1. The summed E-state index contributed by atoms with van der Waals surface area (Å²) in [5.74, 6) is 1.08. The van der Waals surface area contributed by atoms with Gasteiger partial charge in [0, 0.05) is 50.2 Å². The predicted octanol–water partition coefficient (Wildman–Crippen LogP) is 5.27. The number of aromatic nitrogens is 1. The van der Waals surface area contributed by atoms with E-state index in [4.69, 9.17) is 9.47 Å². The summed E-state index contributed by atoms with van der Waals surface area (Å²) < 4.78 is 11.5. The molecule has 7 nitrogen and oxygen atoms in total. The number of hydrogen-bond acceptors (Lipinski definition) is 6. The monoisotopic (exact) mass is 478 g/mol. The summed E-state index contributed by atoms with van der Waals surface area (Å²) in [5, 5.41) is 3.50. The molecule has 0 unspecified atom stereocenters. The van der Waals surface area contributed by atoms with E-state index in [0.29, 0.717) is 18.8 Å². The highest BCUT2D eigenvalue weighted by Crippen LogP contribution is 2.40. The first kappa shape index (κ1) is 24.1. The van der Waals surface area contributed by atoms with Crippen LogP contribution in [0, 0.1) is 5.92 Å². The normalized spacial score (nSPS) is 22.7. The Morgan fingerprint density at radius 3 is 2.63 bits per heavy atom. The van der Waals surface area contributed by atoms with Gasteiger partial charge < -0.3 is 24.6 Å². The van der Waals surface area contributed by atoms with Crippen LogP contribution in [0.25, 0.3) is 0 Å². The van der Waals surface area contributed by atoms with Crippen LogP contribution in [0.5, 0.6) is 0 Å². The summed E-state index contributed by atoms with van der Waals surface area (Å²) in [5.41, 5.74) is 4.09. The van der Waals surface area contributed by atoms with Gasteiger partial charge in [0.25, 0.3) is 0 Å². The highest BCUT2D eigenvalue weighted by molar-refractivity contribution is 6.00. The number of carbonyl (C=O) groups is 1. The third-order valence-corrected chi connectivity index (χ3v) is 7.73. The lowest BCUT2D eigenvalue weighted by atomic mass is 9.86. The van der Waals surface area contributed by atoms with Crippen LogP contribution in [0.4, 0.5) is 22.9 Å². The molecule has 1 saturated heterocycles. The zero-order chi connectivity index (χ0) is 24.2. The highest BCUT2D eigenvalue weighted by atomic mass is 16.5.